The summed E-state index contributed by atoms with van der Waals surface area (Å²) in [6.07, 6.45) is 3.06. The van der Waals surface area contributed by atoms with E-state index in [0.717, 1.165) is 31.8 Å². The van der Waals surface area contributed by atoms with Crippen molar-refractivity contribution in [3.63, 3.8) is 0 Å². The molecule has 0 heterocycles. The third kappa shape index (κ3) is 24.6. The van der Waals surface area contributed by atoms with Gasteiger partial charge >= 0.3 is 0 Å². The Labute approximate surface area is 113 Å². The van der Waals surface area contributed by atoms with Gasteiger partial charge in [0.15, 0.2) is 0 Å². The summed E-state index contributed by atoms with van der Waals surface area (Å²) in [5.41, 5.74) is 0. The molecule has 0 aliphatic rings. The van der Waals surface area contributed by atoms with Gasteiger partial charge in [-0.05, 0) is 12.3 Å². The van der Waals surface area contributed by atoms with Gasteiger partial charge in [0.25, 0.3) is 0 Å². The highest BCUT2D eigenvalue weighted by molar-refractivity contribution is 5.46. The second kappa shape index (κ2) is 16.4. The van der Waals surface area contributed by atoms with E-state index in [2.05, 4.69) is 27.7 Å². The van der Waals surface area contributed by atoms with Crippen molar-refractivity contribution in [2.45, 2.75) is 40.5 Å². The van der Waals surface area contributed by atoms with Crippen molar-refractivity contribution in [2.75, 3.05) is 40.0 Å². The van der Waals surface area contributed by atoms with Crippen molar-refractivity contribution >= 4 is 6.41 Å². The number of hydrogen-bond acceptors (Lipinski definition) is 3. The number of hydrogen-bond donors (Lipinski definition) is 0. The van der Waals surface area contributed by atoms with Crippen molar-refractivity contribution in [1.82, 2.24) is 4.90 Å². The number of amides is 1. The maximum atomic E-state index is 10.2. The van der Waals surface area contributed by atoms with Crippen LogP contribution in [0.4, 0.5) is 0 Å². The van der Waals surface area contributed by atoms with Crippen LogP contribution in [0.3, 0.4) is 0 Å². The molecule has 4 nitrogen and oxygen atoms in total. The molecular weight excluding hydrogens is 230 g/mol. The van der Waals surface area contributed by atoms with E-state index in [1.807, 2.05) is 0 Å². The van der Waals surface area contributed by atoms with Crippen LogP contribution in [0.5, 0.6) is 0 Å². The predicted octanol–water partition coefficient (Wildman–Crippen LogP) is 2.57. The predicted molar refractivity (Wildman–Crippen MR) is 75.8 cm³/mol. The SMILES string of the molecule is CC(C)C.CCCCOCCOCCN(C)C=O. The molecule has 0 saturated carbocycles. The summed E-state index contributed by atoms with van der Waals surface area (Å²) in [6, 6.07) is 0. The Hall–Kier alpha value is -0.610. The molecule has 0 fully saturated rings. The molecule has 0 aliphatic heterocycles. The van der Waals surface area contributed by atoms with Crippen molar-refractivity contribution in [1.29, 1.82) is 0 Å². The molecule has 0 aromatic carbocycles. The first-order valence-electron chi connectivity index (χ1n) is 6.85. The van der Waals surface area contributed by atoms with E-state index in [1.54, 1.807) is 11.9 Å². The molecule has 0 N–H and O–H groups in total. The molecule has 1 amide bonds. The van der Waals surface area contributed by atoms with Crippen molar-refractivity contribution in [3.05, 3.63) is 0 Å². The lowest BCUT2D eigenvalue weighted by molar-refractivity contribution is -0.117. The number of unbranched alkanes of at least 4 members (excludes halogenated alkanes) is 1. The highest BCUT2D eigenvalue weighted by Crippen LogP contribution is 1.88. The Morgan fingerprint density at radius 2 is 1.56 bits per heavy atom. The van der Waals surface area contributed by atoms with Crippen molar-refractivity contribution in [3.8, 4) is 0 Å². The van der Waals surface area contributed by atoms with Crippen LogP contribution in [0.25, 0.3) is 0 Å². The van der Waals surface area contributed by atoms with Crippen LogP contribution in [-0.4, -0.2) is 51.3 Å². The fourth-order valence-corrected chi connectivity index (χ4v) is 0.830. The average molecular weight is 261 g/mol. The van der Waals surface area contributed by atoms with Gasteiger partial charge in [0, 0.05) is 20.2 Å². The summed E-state index contributed by atoms with van der Waals surface area (Å²) in [6.45, 7) is 11.9. The minimum absolute atomic E-state index is 0.576. The molecule has 0 unspecified atom stereocenters. The Balaban J connectivity index is 0. The highest BCUT2D eigenvalue weighted by Gasteiger charge is 1.93. The molecule has 0 aromatic heterocycles. The van der Waals surface area contributed by atoms with Crippen LogP contribution < -0.4 is 0 Å². The summed E-state index contributed by atoms with van der Waals surface area (Å²) in [5.74, 6) is 0.833. The molecule has 18 heavy (non-hydrogen) atoms. The summed E-state index contributed by atoms with van der Waals surface area (Å²) >= 11 is 0. The summed E-state index contributed by atoms with van der Waals surface area (Å²) in [4.78, 5) is 11.7. The molecule has 0 rings (SSSR count). The lowest BCUT2D eigenvalue weighted by atomic mass is 10.3. The van der Waals surface area contributed by atoms with Gasteiger partial charge in [-0.15, -0.1) is 0 Å². The van der Waals surface area contributed by atoms with Gasteiger partial charge in [0.1, 0.15) is 0 Å². The summed E-state index contributed by atoms with van der Waals surface area (Å²) in [5, 5.41) is 0. The van der Waals surface area contributed by atoms with Crippen LogP contribution in [0.2, 0.25) is 0 Å². The maximum absolute atomic E-state index is 10.2. The maximum Gasteiger partial charge on any atom is 0.209 e. The highest BCUT2D eigenvalue weighted by atomic mass is 16.5. The van der Waals surface area contributed by atoms with Gasteiger partial charge in [-0.25, -0.2) is 0 Å². The van der Waals surface area contributed by atoms with Crippen molar-refractivity contribution in [2.24, 2.45) is 5.92 Å². The van der Waals surface area contributed by atoms with E-state index in [4.69, 9.17) is 9.47 Å². The third-order valence-corrected chi connectivity index (χ3v) is 1.78. The van der Waals surface area contributed by atoms with E-state index in [0.29, 0.717) is 26.4 Å². The van der Waals surface area contributed by atoms with Gasteiger partial charge in [-0.2, -0.15) is 0 Å². The molecule has 0 atom stereocenters. The number of nitrogens with zero attached hydrogens (tertiary/aromatic N) is 1. The Morgan fingerprint density at radius 1 is 1.06 bits per heavy atom. The topological polar surface area (TPSA) is 38.8 Å². The minimum atomic E-state index is 0.576. The minimum Gasteiger partial charge on any atom is -0.379 e. The molecule has 0 aliphatic carbocycles. The molecule has 110 valence electrons. The molecule has 0 saturated heterocycles. The molecular formula is C14H31NO3. The van der Waals surface area contributed by atoms with Crippen LogP contribution in [0, 0.1) is 5.92 Å². The standard InChI is InChI=1S/C10H21NO3.C4H10/c1-3-4-6-13-8-9-14-7-5-11(2)10-12;1-4(2)3/h10H,3-9H2,1-2H3;4H,1-3H3. The smallest absolute Gasteiger partial charge is 0.209 e. The zero-order chi connectivity index (χ0) is 14.2. The van der Waals surface area contributed by atoms with Crippen LogP contribution >= 0.6 is 0 Å². The molecule has 0 radical (unpaired) electrons. The quantitative estimate of drug-likeness (QED) is 0.448. The Morgan fingerprint density at radius 3 is 2.00 bits per heavy atom. The molecule has 4 heteroatoms. The van der Waals surface area contributed by atoms with Gasteiger partial charge in [-0.1, -0.05) is 34.1 Å². The van der Waals surface area contributed by atoms with E-state index < -0.39 is 0 Å². The van der Waals surface area contributed by atoms with Crippen LogP contribution in [0.1, 0.15) is 40.5 Å². The zero-order valence-electron chi connectivity index (χ0n) is 12.8. The van der Waals surface area contributed by atoms with Gasteiger partial charge in [0.2, 0.25) is 6.41 Å². The van der Waals surface area contributed by atoms with E-state index in [-0.39, 0.29) is 0 Å². The molecule has 0 spiro atoms. The fraction of sp³-hybridized carbons (Fsp3) is 0.929. The average Bonchev–Trinajstić information content (AvgIpc) is 2.31. The van der Waals surface area contributed by atoms with Crippen molar-refractivity contribution < 1.29 is 14.3 Å². The number of ether oxygens (including phenoxy) is 2. The zero-order valence-corrected chi connectivity index (χ0v) is 12.8. The van der Waals surface area contributed by atoms with Crippen LogP contribution in [-0.2, 0) is 14.3 Å². The first kappa shape index (κ1) is 19.7. The number of carbonyl (C=O) groups excluding carboxylic acids is 1. The number of rotatable bonds is 10. The Kier molecular flexibility index (Phi) is 18.0. The lowest BCUT2D eigenvalue weighted by Crippen LogP contribution is -2.22. The van der Waals surface area contributed by atoms with E-state index in [9.17, 15) is 4.79 Å². The lowest BCUT2D eigenvalue weighted by Gasteiger charge is -2.10. The number of likely N-dealkylation sites (N-methyl/N-ethyl adjacent to an activating group) is 1. The second-order valence-electron chi connectivity index (χ2n) is 4.90. The normalized spacial score (nSPS) is 9.89. The van der Waals surface area contributed by atoms with Gasteiger partial charge < -0.3 is 14.4 Å². The number of carbonyl (C=O) groups is 1. The monoisotopic (exact) mass is 261 g/mol. The fourth-order valence-electron chi connectivity index (χ4n) is 0.830. The van der Waals surface area contributed by atoms with E-state index in [1.165, 1.54) is 0 Å². The van der Waals surface area contributed by atoms with Gasteiger partial charge in [0.05, 0.1) is 19.8 Å². The first-order chi connectivity index (χ1) is 8.54. The largest absolute Gasteiger partial charge is 0.379 e. The second-order valence-corrected chi connectivity index (χ2v) is 4.90. The van der Waals surface area contributed by atoms with Crippen LogP contribution in [0.15, 0.2) is 0 Å². The Bertz CT molecular complexity index is 160. The molecule has 0 aromatic rings. The van der Waals surface area contributed by atoms with E-state index >= 15 is 0 Å². The summed E-state index contributed by atoms with van der Waals surface area (Å²) in [7, 11) is 1.73. The third-order valence-electron chi connectivity index (χ3n) is 1.78. The molecule has 0 bridgehead atoms. The summed E-state index contributed by atoms with van der Waals surface area (Å²) < 4.78 is 10.6. The van der Waals surface area contributed by atoms with Gasteiger partial charge in [-0.3, -0.25) is 4.79 Å². The first-order valence-corrected chi connectivity index (χ1v) is 6.85.